The van der Waals surface area contributed by atoms with Gasteiger partial charge in [-0.3, -0.25) is 9.59 Å². The van der Waals surface area contributed by atoms with Crippen LogP contribution in [0.1, 0.15) is 17.7 Å². The molecule has 0 spiro atoms. The molecule has 0 atom stereocenters. The number of amides is 1. The molecule has 0 aliphatic carbocycles. The monoisotopic (exact) mass is 345 g/mol. The summed E-state index contributed by atoms with van der Waals surface area (Å²) in [7, 11) is 0. The number of benzene rings is 2. The third kappa shape index (κ3) is 3.16. The fraction of sp³-hybridized carbons (Fsp3) is 0.190. The van der Waals surface area contributed by atoms with E-state index in [0.29, 0.717) is 24.2 Å². The van der Waals surface area contributed by atoms with Crippen LogP contribution >= 0.6 is 0 Å². The minimum Gasteiger partial charge on any atom is -0.338 e. The zero-order chi connectivity index (χ0) is 17.9. The summed E-state index contributed by atoms with van der Waals surface area (Å²) in [5.41, 5.74) is 2.88. The molecule has 4 rings (SSSR count). The number of H-pyrrole nitrogens is 1. The first-order valence-electron chi connectivity index (χ1n) is 8.71. The molecule has 0 unspecified atom stereocenters. The van der Waals surface area contributed by atoms with Crippen LogP contribution in [0.2, 0.25) is 0 Å². The van der Waals surface area contributed by atoms with Crippen molar-refractivity contribution in [3.63, 3.8) is 0 Å². The van der Waals surface area contributed by atoms with E-state index in [9.17, 15) is 9.59 Å². The standard InChI is InChI=1S/C21H19N3O2/c25-20(14-19-17-8-4-5-9-18(17)21(26)23-22-19)24-12-10-16(11-13-24)15-6-2-1-3-7-15/h1-10H,11-14H2,(H,23,26). The summed E-state index contributed by atoms with van der Waals surface area (Å²) in [6.45, 7) is 1.30. The van der Waals surface area contributed by atoms with Gasteiger partial charge in [0.25, 0.3) is 5.56 Å². The van der Waals surface area contributed by atoms with Crippen molar-refractivity contribution in [1.29, 1.82) is 0 Å². The second-order valence-electron chi connectivity index (χ2n) is 6.41. The normalized spacial score (nSPS) is 14.3. The highest BCUT2D eigenvalue weighted by Crippen LogP contribution is 2.22. The Morgan fingerprint density at radius 2 is 1.77 bits per heavy atom. The largest absolute Gasteiger partial charge is 0.338 e. The van der Waals surface area contributed by atoms with Gasteiger partial charge in [0.1, 0.15) is 0 Å². The molecule has 1 N–H and O–H groups in total. The SMILES string of the molecule is O=C(Cc1n[nH]c(=O)c2ccccc12)N1CC=C(c2ccccc2)CC1. The Kier molecular flexibility index (Phi) is 4.35. The second-order valence-corrected chi connectivity index (χ2v) is 6.41. The van der Waals surface area contributed by atoms with Gasteiger partial charge in [-0.15, -0.1) is 0 Å². The predicted octanol–water partition coefficient (Wildman–Crippen LogP) is 2.78. The lowest BCUT2D eigenvalue weighted by molar-refractivity contribution is -0.130. The molecule has 0 radical (unpaired) electrons. The number of hydrogen-bond acceptors (Lipinski definition) is 3. The topological polar surface area (TPSA) is 66.1 Å². The molecule has 0 fully saturated rings. The molecule has 0 saturated carbocycles. The second kappa shape index (κ2) is 6.96. The lowest BCUT2D eigenvalue weighted by Crippen LogP contribution is -2.36. The van der Waals surface area contributed by atoms with E-state index in [1.165, 1.54) is 11.1 Å². The van der Waals surface area contributed by atoms with Gasteiger partial charge >= 0.3 is 0 Å². The Bertz CT molecular complexity index is 1040. The fourth-order valence-electron chi connectivity index (χ4n) is 3.37. The molecule has 26 heavy (non-hydrogen) atoms. The molecule has 5 nitrogen and oxygen atoms in total. The zero-order valence-corrected chi connectivity index (χ0v) is 14.3. The van der Waals surface area contributed by atoms with E-state index in [0.717, 1.165) is 11.8 Å². The first-order valence-corrected chi connectivity index (χ1v) is 8.71. The van der Waals surface area contributed by atoms with Gasteiger partial charge in [0.15, 0.2) is 0 Å². The average Bonchev–Trinajstić information content (AvgIpc) is 2.71. The maximum Gasteiger partial charge on any atom is 0.272 e. The molecule has 130 valence electrons. The molecule has 1 aliphatic heterocycles. The highest BCUT2D eigenvalue weighted by Gasteiger charge is 2.19. The van der Waals surface area contributed by atoms with Crippen molar-refractivity contribution in [2.24, 2.45) is 0 Å². The average molecular weight is 345 g/mol. The van der Waals surface area contributed by atoms with Crippen molar-refractivity contribution in [1.82, 2.24) is 15.1 Å². The smallest absolute Gasteiger partial charge is 0.272 e. The summed E-state index contributed by atoms with van der Waals surface area (Å²) < 4.78 is 0. The van der Waals surface area contributed by atoms with Crippen LogP contribution in [0.3, 0.4) is 0 Å². The van der Waals surface area contributed by atoms with Crippen LogP contribution in [0.15, 0.2) is 65.5 Å². The van der Waals surface area contributed by atoms with Crippen molar-refractivity contribution in [2.45, 2.75) is 12.8 Å². The number of hydrogen-bond donors (Lipinski definition) is 1. The molecule has 5 heteroatoms. The number of carbonyl (C=O) groups excluding carboxylic acids is 1. The minimum absolute atomic E-state index is 0.0260. The van der Waals surface area contributed by atoms with Gasteiger partial charge in [0.2, 0.25) is 5.91 Å². The third-order valence-electron chi connectivity index (χ3n) is 4.80. The van der Waals surface area contributed by atoms with Crippen LogP contribution in [-0.4, -0.2) is 34.1 Å². The highest BCUT2D eigenvalue weighted by molar-refractivity contribution is 5.88. The summed E-state index contributed by atoms with van der Waals surface area (Å²) in [6, 6.07) is 17.5. The molecule has 0 bridgehead atoms. The molecule has 1 amide bonds. The maximum absolute atomic E-state index is 12.7. The van der Waals surface area contributed by atoms with Crippen LogP contribution < -0.4 is 5.56 Å². The quantitative estimate of drug-likeness (QED) is 0.794. The number of aromatic nitrogens is 2. The van der Waals surface area contributed by atoms with Gasteiger partial charge in [0, 0.05) is 18.5 Å². The van der Waals surface area contributed by atoms with Crippen LogP contribution in [0, 0.1) is 0 Å². The van der Waals surface area contributed by atoms with E-state index >= 15 is 0 Å². The van der Waals surface area contributed by atoms with Crippen LogP contribution in [0.4, 0.5) is 0 Å². The summed E-state index contributed by atoms with van der Waals surface area (Å²) in [6.07, 6.45) is 3.15. The molecular weight excluding hydrogens is 326 g/mol. The molecule has 0 saturated heterocycles. The van der Waals surface area contributed by atoms with E-state index in [2.05, 4.69) is 28.4 Å². The lowest BCUT2D eigenvalue weighted by Gasteiger charge is -2.26. The fourth-order valence-corrected chi connectivity index (χ4v) is 3.37. The summed E-state index contributed by atoms with van der Waals surface area (Å²) in [4.78, 5) is 26.4. The summed E-state index contributed by atoms with van der Waals surface area (Å²) in [5.74, 6) is 0.0260. The highest BCUT2D eigenvalue weighted by atomic mass is 16.2. The Morgan fingerprint density at radius 3 is 2.50 bits per heavy atom. The molecular formula is C21H19N3O2. The van der Waals surface area contributed by atoms with Crippen LogP contribution in [0.25, 0.3) is 16.3 Å². The molecule has 1 aliphatic rings. The van der Waals surface area contributed by atoms with Crippen molar-refractivity contribution in [2.75, 3.05) is 13.1 Å². The predicted molar refractivity (Wildman–Crippen MR) is 102 cm³/mol. The minimum atomic E-state index is -0.231. The van der Waals surface area contributed by atoms with Crippen molar-refractivity contribution >= 4 is 22.3 Å². The molecule has 2 aromatic carbocycles. The van der Waals surface area contributed by atoms with Gasteiger partial charge in [-0.05, 0) is 23.6 Å². The first kappa shape index (κ1) is 16.3. The summed E-state index contributed by atoms with van der Waals surface area (Å²) >= 11 is 0. The molecule has 3 aromatic rings. The number of carbonyl (C=O) groups is 1. The Labute approximate surface area is 151 Å². The first-order chi connectivity index (χ1) is 12.7. The van der Waals surface area contributed by atoms with Gasteiger partial charge < -0.3 is 4.90 Å². The third-order valence-corrected chi connectivity index (χ3v) is 4.80. The van der Waals surface area contributed by atoms with E-state index in [4.69, 9.17) is 0 Å². The van der Waals surface area contributed by atoms with Crippen molar-refractivity contribution < 1.29 is 4.79 Å². The van der Waals surface area contributed by atoms with Gasteiger partial charge in [0.05, 0.1) is 17.5 Å². The number of fused-ring (bicyclic) bond motifs is 1. The van der Waals surface area contributed by atoms with E-state index in [1.54, 1.807) is 6.07 Å². The van der Waals surface area contributed by atoms with Crippen LogP contribution in [0.5, 0.6) is 0 Å². The Morgan fingerprint density at radius 1 is 1.04 bits per heavy atom. The number of nitrogens with zero attached hydrogens (tertiary/aromatic N) is 2. The van der Waals surface area contributed by atoms with Gasteiger partial charge in [-0.25, -0.2) is 5.10 Å². The lowest BCUT2D eigenvalue weighted by atomic mass is 9.99. The van der Waals surface area contributed by atoms with E-state index in [-0.39, 0.29) is 17.9 Å². The molecule has 1 aromatic heterocycles. The zero-order valence-electron chi connectivity index (χ0n) is 14.3. The van der Waals surface area contributed by atoms with Crippen molar-refractivity contribution in [3.8, 4) is 0 Å². The van der Waals surface area contributed by atoms with Crippen LogP contribution in [-0.2, 0) is 11.2 Å². The molecule has 2 heterocycles. The van der Waals surface area contributed by atoms with E-state index < -0.39 is 0 Å². The Hall–Kier alpha value is -3.21. The van der Waals surface area contributed by atoms with Gasteiger partial charge in [-0.1, -0.05) is 54.6 Å². The van der Waals surface area contributed by atoms with E-state index in [1.807, 2.05) is 41.3 Å². The summed E-state index contributed by atoms with van der Waals surface area (Å²) in [5, 5.41) is 7.90. The number of nitrogens with one attached hydrogen (secondary N) is 1. The van der Waals surface area contributed by atoms with Gasteiger partial charge in [-0.2, -0.15) is 5.10 Å². The van der Waals surface area contributed by atoms with Crippen molar-refractivity contribution in [3.05, 3.63) is 82.3 Å². The number of rotatable bonds is 3. The Balaban J connectivity index is 1.51. The maximum atomic E-state index is 12.7. The number of aromatic amines is 1.